The first-order valence-corrected chi connectivity index (χ1v) is 4.53. The molecule has 0 heterocycles. The van der Waals surface area contributed by atoms with Gasteiger partial charge in [0.1, 0.15) is 5.56 Å². The first-order chi connectivity index (χ1) is 7.15. The van der Waals surface area contributed by atoms with Crippen LogP contribution in [0.5, 0.6) is 0 Å². The lowest BCUT2D eigenvalue weighted by atomic mass is 10.1. The van der Waals surface area contributed by atoms with Gasteiger partial charge in [0, 0.05) is 6.07 Å². The smallest absolute Gasteiger partial charge is 0.285 e. The average Bonchev–Trinajstić information content (AvgIpc) is 2.20. The summed E-state index contributed by atoms with van der Waals surface area (Å²) >= 11 is 0. The van der Waals surface area contributed by atoms with E-state index in [0.717, 1.165) is 5.56 Å². The first-order valence-electron chi connectivity index (χ1n) is 4.53. The van der Waals surface area contributed by atoms with E-state index in [2.05, 4.69) is 17.2 Å². The number of rotatable bonds is 2. The van der Waals surface area contributed by atoms with Crippen LogP contribution in [0.3, 0.4) is 0 Å². The second-order valence-electron chi connectivity index (χ2n) is 3.11. The highest BCUT2D eigenvalue weighted by molar-refractivity contribution is 5.52. The molecule has 0 radical (unpaired) electrons. The van der Waals surface area contributed by atoms with Gasteiger partial charge in [-0.25, -0.2) is 0 Å². The van der Waals surface area contributed by atoms with Gasteiger partial charge in [0.05, 0.1) is 11.5 Å². The lowest BCUT2D eigenvalue weighted by Crippen LogP contribution is -2.04. The molecular weight excluding hydrogens is 192 g/mol. The van der Waals surface area contributed by atoms with Crippen LogP contribution in [0.25, 0.3) is 0 Å². The van der Waals surface area contributed by atoms with Crippen molar-refractivity contribution in [3.05, 3.63) is 39.4 Å². The number of hydrogen-bond acceptors (Lipinski definition) is 3. The molecule has 0 aliphatic carbocycles. The maximum absolute atomic E-state index is 10.7. The second kappa shape index (κ2) is 5.13. The Bertz CT molecular complexity index is 430. The Hall–Kier alpha value is -1.86. The molecule has 1 rings (SSSR count). The molecule has 4 nitrogen and oxygen atoms in total. The number of nitrogens with zero attached hydrogens (tertiary/aromatic N) is 1. The molecule has 0 aliphatic heterocycles. The molecule has 78 valence electrons. The predicted octanol–water partition coefficient (Wildman–Crippen LogP) is 1.47. The molecule has 0 bridgehead atoms. The lowest BCUT2D eigenvalue weighted by Gasteiger charge is -1.96. The highest BCUT2D eigenvalue weighted by Gasteiger charge is 2.11. The molecule has 0 spiro atoms. The van der Waals surface area contributed by atoms with Crippen molar-refractivity contribution in [2.45, 2.75) is 6.92 Å². The largest absolute Gasteiger partial charge is 0.309 e. The fraction of sp³-hybridized carbons (Fsp3) is 0.273. The molecule has 0 saturated carbocycles. The number of nitrogens with one attached hydrogen (secondary N) is 1. The van der Waals surface area contributed by atoms with E-state index < -0.39 is 4.92 Å². The summed E-state index contributed by atoms with van der Waals surface area (Å²) in [4.78, 5) is 10.3. The fourth-order valence-electron chi connectivity index (χ4n) is 1.13. The van der Waals surface area contributed by atoms with Crippen molar-refractivity contribution in [2.75, 3.05) is 13.6 Å². The highest BCUT2D eigenvalue weighted by atomic mass is 16.6. The fourth-order valence-corrected chi connectivity index (χ4v) is 1.13. The van der Waals surface area contributed by atoms with Crippen LogP contribution in [0.1, 0.15) is 11.1 Å². The number of nitro benzene ring substituents is 1. The molecule has 0 atom stereocenters. The molecule has 0 amide bonds. The summed E-state index contributed by atoms with van der Waals surface area (Å²) in [7, 11) is 1.78. The quantitative estimate of drug-likeness (QED) is 0.451. The Morgan fingerprint density at radius 3 is 2.87 bits per heavy atom. The summed E-state index contributed by atoms with van der Waals surface area (Å²) in [5.41, 5.74) is 1.39. The Labute approximate surface area is 88.5 Å². The molecule has 15 heavy (non-hydrogen) atoms. The summed E-state index contributed by atoms with van der Waals surface area (Å²) in [6, 6.07) is 5.02. The van der Waals surface area contributed by atoms with Gasteiger partial charge in [-0.3, -0.25) is 10.1 Å². The number of nitro groups is 1. The van der Waals surface area contributed by atoms with Gasteiger partial charge >= 0.3 is 0 Å². The minimum absolute atomic E-state index is 0.0682. The van der Waals surface area contributed by atoms with Crippen LogP contribution in [0.15, 0.2) is 18.2 Å². The molecule has 1 aromatic rings. The van der Waals surface area contributed by atoms with Crippen LogP contribution in [0.2, 0.25) is 0 Å². The summed E-state index contributed by atoms with van der Waals surface area (Å²) in [6.07, 6.45) is 0. The molecule has 0 saturated heterocycles. The van der Waals surface area contributed by atoms with E-state index in [1.54, 1.807) is 13.1 Å². The van der Waals surface area contributed by atoms with E-state index in [1.807, 2.05) is 13.0 Å². The Kier molecular flexibility index (Phi) is 3.83. The van der Waals surface area contributed by atoms with Crippen molar-refractivity contribution in [3.8, 4) is 11.8 Å². The summed E-state index contributed by atoms with van der Waals surface area (Å²) in [5.74, 6) is 5.57. The summed E-state index contributed by atoms with van der Waals surface area (Å²) in [5, 5.41) is 13.6. The summed E-state index contributed by atoms with van der Waals surface area (Å²) in [6.45, 7) is 2.34. The third kappa shape index (κ3) is 3.08. The van der Waals surface area contributed by atoms with E-state index >= 15 is 0 Å². The average molecular weight is 204 g/mol. The van der Waals surface area contributed by atoms with Gasteiger partial charge in [0.15, 0.2) is 0 Å². The van der Waals surface area contributed by atoms with Crippen molar-refractivity contribution in [1.82, 2.24) is 5.32 Å². The van der Waals surface area contributed by atoms with Gasteiger partial charge < -0.3 is 5.32 Å². The number of benzene rings is 1. The monoisotopic (exact) mass is 204 g/mol. The third-order valence-electron chi connectivity index (χ3n) is 1.84. The van der Waals surface area contributed by atoms with Gasteiger partial charge in [-0.2, -0.15) is 0 Å². The van der Waals surface area contributed by atoms with Crippen LogP contribution in [-0.4, -0.2) is 18.5 Å². The van der Waals surface area contributed by atoms with E-state index in [0.29, 0.717) is 12.1 Å². The highest BCUT2D eigenvalue weighted by Crippen LogP contribution is 2.18. The minimum atomic E-state index is -0.406. The molecular formula is C11H12N2O2. The van der Waals surface area contributed by atoms with Crippen molar-refractivity contribution in [2.24, 2.45) is 0 Å². The molecule has 4 heteroatoms. The maximum Gasteiger partial charge on any atom is 0.285 e. The van der Waals surface area contributed by atoms with E-state index in [1.165, 1.54) is 6.07 Å². The van der Waals surface area contributed by atoms with Gasteiger partial charge in [0.2, 0.25) is 0 Å². The zero-order chi connectivity index (χ0) is 11.3. The molecule has 0 fully saturated rings. The van der Waals surface area contributed by atoms with Gasteiger partial charge in [-0.05, 0) is 25.6 Å². The van der Waals surface area contributed by atoms with Crippen LogP contribution in [0.4, 0.5) is 5.69 Å². The van der Waals surface area contributed by atoms with Crippen molar-refractivity contribution in [3.63, 3.8) is 0 Å². The van der Waals surface area contributed by atoms with Crippen LogP contribution < -0.4 is 5.32 Å². The zero-order valence-electron chi connectivity index (χ0n) is 8.70. The topological polar surface area (TPSA) is 55.2 Å². The number of aryl methyl sites for hydroxylation is 1. The standard InChI is InChI=1S/C11H12N2O2/c1-9-5-6-10(4-3-7-12-2)11(8-9)13(14)15/h5-6,8,12H,7H2,1-2H3. The van der Waals surface area contributed by atoms with Crippen molar-refractivity contribution < 1.29 is 4.92 Å². The lowest BCUT2D eigenvalue weighted by molar-refractivity contribution is -0.385. The van der Waals surface area contributed by atoms with Crippen LogP contribution in [0, 0.1) is 28.9 Å². The molecule has 1 N–H and O–H groups in total. The Morgan fingerprint density at radius 1 is 1.53 bits per heavy atom. The Morgan fingerprint density at radius 2 is 2.27 bits per heavy atom. The van der Waals surface area contributed by atoms with E-state index in [-0.39, 0.29) is 5.69 Å². The zero-order valence-corrected chi connectivity index (χ0v) is 8.70. The third-order valence-corrected chi connectivity index (χ3v) is 1.84. The molecule has 0 aromatic heterocycles. The van der Waals surface area contributed by atoms with Gasteiger partial charge in [0.25, 0.3) is 5.69 Å². The Balaban J connectivity index is 3.08. The van der Waals surface area contributed by atoms with Crippen LogP contribution in [-0.2, 0) is 0 Å². The first kappa shape index (κ1) is 11.2. The molecule has 0 unspecified atom stereocenters. The van der Waals surface area contributed by atoms with Gasteiger partial charge in [-0.15, -0.1) is 0 Å². The summed E-state index contributed by atoms with van der Waals surface area (Å²) < 4.78 is 0. The van der Waals surface area contributed by atoms with Crippen LogP contribution >= 0.6 is 0 Å². The van der Waals surface area contributed by atoms with E-state index in [4.69, 9.17) is 0 Å². The molecule has 0 aliphatic rings. The maximum atomic E-state index is 10.7. The second-order valence-corrected chi connectivity index (χ2v) is 3.11. The number of hydrogen-bond donors (Lipinski definition) is 1. The van der Waals surface area contributed by atoms with Crippen molar-refractivity contribution in [1.29, 1.82) is 0 Å². The normalized spacial score (nSPS) is 9.20. The SMILES string of the molecule is CNCC#Cc1ccc(C)cc1[N+](=O)[O-]. The van der Waals surface area contributed by atoms with E-state index in [9.17, 15) is 10.1 Å². The minimum Gasteiger partial charge on any atom is -0.309 e. The molecule has 1 aromatic carbocycles. The van der Waals surface area contributed by atoms with Gasteiger partial charge in [-0.1, -0.05) is 17.9 Å². The van der Waals surface area contributed by atoms with Crippen molar-refractivity contribution >= 4 is 5.69 Å². The predicted molar refractivity (Wildman–Crippen MR) is 58.6 cm³/mol.